The monoisotopic (exact) mass is 300 g/mol. The Morgan fingerprint density at radius 2 is 1.86 bits per heavy atom. The molecular formula is C14H8N2O6. The van der Waals surface area contributed by atoms with Crippen molar-refractivity contribution >= 4 is 28.7 Å². The van der Waals surface area contributed by atoms with Crippen LogP contribution in [-0.2, 0) is 0 Å². The van der Waals surface area contributed by atoms with E-state index in [0.717, 1.165) is 6.07 Å². The van der Waals surface area contributed by atoms with E-state index < -0.39 is 28.6 Å². The molecule has 0 amide bonds. The molecule has 0 unspecified atom stereocenters. The van der Waals surface area contributed by atoms with Crippen LogP contribution in [-0.4, -0.2) is 27.1 Å². The van der Waals surface area contributed by atoms with Crippen LogP contribution in [0.5, 0.6) is 0 Å². The summed E-state index contributed by atoms with van der Waals surface area (Å²) in [6, 6.07) is 4.99. The molecule has 4 N–H and O–H groups in total. The number of carboxylic acid groups (broad SMARTS) is 2. The summed E-state index contributed by atoms with van der Waals surface area (Å²) in [5.74, 6) is -2.61. The first-order valence-corrected chi connectivity index (χ1v) is 6.02. The first-order chi connectivity index (χ1) is 10.4. The molecule has 1 heterocycles. The maximum absolute atomic E-state index is 11.7. The second-order valence-electron chi connectivity index (χ2n) is 4.52. The fraction of sp³-hybridized carbons (Fsp3) is 0. The Morgan fingerprint density at radius 1 is 1.14 bits per heavy atom. The second-order valence-corrected chi connectivity index (χ2v) is 4.52. The number of benzene rings is 2. The van der Waals surface area contributed by atoms with Gasteiger partial charge < -0.3 is 20.4 Å². The summed E-state index contributed by atoms with van der Waals surface area (Å²) in [5, 5.41) is 18.2. The van der Waals surface area contributed by atoms with E-state index in [1.165, 1.54) is 18.2 Å². The largest absolute Gasteiger partial charge is 0.478 e. The molecule has 110 valence electrons. The summed E-state index contributed by atoms with van der Waals surface area (Å²) in [4.78, 5) is 38.0. The van der Waals surface area contributed by atoms with Crippen LogP contribution in [0.4, 0.5) is 5.69 Å². The van der Waals surface area contributed by atoms with Gasteiger partial charge in [0, 0.05) is 6.07 Å². The van der Waals surface area contributed by atoms with E-state index in [2.05, 4.69) is 4.98 Å². The first kappa shape index (κ1) is 13.6. The molecule has 0 saturated heterocycles. The number of nitrogen functional groups attached to an aromatic ring is 1. The van der Waals surface area contributed by atoms with Crippen LogP contribution >= 0.6 is 0 Å². The molecule has 1 aliphatic heterocycles. The smallest absolute Gasteiger partial charge is 0.340 e. The van der Waals surface area contributed by atoms with Gasteiger partial charge in [0.15, 0.2) is 11.3 Å². The number of carbonyl (C=O) groups is 2. The minimum Gasteiger partial charge on any atom is -0.478 e. The van der Waals surface area contributed by atoms with Gasteiger partial charge in [0.1, 0.15) is 16.8 Å². The van der Waals surface area contributed by atoms with E-state index in [0.29, 0.717) is 0 Å². The van der Waals surface area contributed by atoms with E-state index in [1.807, 2.05) is 0 Å². The molecule has 0 aromatic heterocycles. The van der Waals surface area contributed by atoms with Gasteiger partial charge in [-0.05, 0) is 18.2 Å². The number of aromatic carboxylic acids is 2. The number of nitrogens with two attached hydrogens (primary N) is 1. The SMILES string of the molecule is Nc1c(C(=O)O)c2nc3cc(C(=O)O)ccc3oc-2cc1=O. The normalized spacial score (nSPS) is 10.9. The zero-order valence-electron chi connectivity index (χ0n) is 10.9. The van der Waals surface area contributed by atoms with Crippen molar-refractivity contribution in [2.45, 2.75) is 0 Å². The second kappa shape index (κ2) is 4.55. The van der Waals surface area contributed by atoms with Crippen LogP contribution in [0.15, 0.2) is 33.5 Å². The van der Waals surface area contributed by atoms with Crippen molar-refractivity contribution in [3.8, 4) is 11.5 Å². The van der Waals surface area contributed by atoms with E-state index in [4.69, 9.17) is 15.3 Å². The summed E-state index contributed by atoms with van der Waals surface area (Å²) in [6.45, 7) is 0. The number of carboxylic acids is 2. The topological polar surface area (TPSA) is 144 Å². The highest BCUT2D eigenvalue weighted by atomic mass is 16.4. The molecule has 8 nitrogen and oxygen atoms in total. The van der Waals surface area contributed by atoms with Crippen LogP contribution in [0.2, 0.25) is 0 Å². The Labute approximate surface area is 121 Å². The Balaban J connectivity index is 2.45. The van der Waals surface area contributed by atoms with E-state index >= 15 is 0 Å². The quantitative estimate of drug-likeness (QED) is 0.474. The zero-order chi connectivity index (χ0) is 16.0. The number of aromatic nitrogens is 1. The lowest BCUT2D eigenvalue weighted by molar-refractivity contribution is 0.0686. The lowest BCUT2D eigenvalue weighted by atomic mass is 10.1. The van der Waals surface area contributed by atoms with Crippen LogP contribution in [0.25, 0.3) is 22.6 Å². The van der Waals surface area contributed by atoms with Crippen LogP contribution < -0.4 is 11.2 Å². The molecule has 0 radical (unpaired) electrons. The molecule has 1 aliphatic carbocycles. The van der Waals surface area contributed by atoms with Gasteiger partial charge in [-0.1, -0.05) is 0 Å². The summed E-state index contributed by atoms with van der Waals surface area (Å²) in [7, 11) is 0. The maximum Gasteiger partial charge on any atom is 0.340 e. The number of nitrogens with zero attached hydrogens (tertiary/aromatic N) is 1. The number of anilines is 1. The standard InChI is InChI=1S/C14H8N2O6/c15-11-7(17)4-9-12(10(11)14(20)21)16-6-3-5(13(18)19)1-2-8(6)22-9/h1-4H,15H2,(H,18,19)(H,20,21). The van der Waals surface area contributed by atoms with Crippen molar-refractivity contribution in [2.75, 3.05) is 5.73 Å². The van der Waals surface area contributed by atoms with Crippen molar-refractivity contribution in [3.63, 3.8) is 0 Å². The van der Waals surface area contributed by atoms with Crippen LogP contribution in [0.1, 0.15) is 20.7 Å². The van der Waals surface area contributed by atoms with E-state index in [1.54, 1.807) is 0 Å². The predicted octanol–water partition coefficient (Wildman–Crippen LogP) is 1.27. The molecule has 2 aliphatic rings. The molecule has 0 spiro atoms. The molecule has 0 bridgehead atoms. The van der Waals surface area contributed by atoms with Gasteiger partial charge in [-0.2, -0.15) is 0 Å². The van der Waals surface area contributed by atoms with Crippen molar-refractivity contribution < 1.29 is 24.2 Å². The third-order valence-corrected chi connectivity index (χ3v) is 3.14. The zero-order valence-corrected chi connectivity index (χ0v) is 10.9. The Morgan fingerprint density at radius 3 is 2.50 bits per heavy atom. The molecule has 0 atom stereocenters. The highest BCUT2D eigenvalue weighted by molar-refractivity contribution is 6.01. The average Bonchev–Trinajstić information content (AvgIpc) is 2.45. The van der Waals surface area contributed by atoms with Crippen molar-refractivity contribution in [2.24, 2.45) is 0 Å². The van der Waals surface area contributed by atoms with Gasteiger partial charge >= 0.3 is 11.9 Å². The molecular weight excluding hydrogens is 292 g/mol. The van der Waals surface area contributed by atoms with Crippen molar-refractivity contribution in [1.29, 1.82) is 0 Å². The van der Waals surface area contributed by atoms with Gasteiger partial charge in [-0.25, -0.2) is 14.6 Å². The Hall–Kier alpha value is -3.42. The van der Waals surface area contributed by atoms with Crippen LogP contribution in [0, 0.1) is 0 Å². The Kier molecular flexibility index (Phi) is 2.81. The van der Waals surface area contributed by atoms with Gasteiger partial charge in [0.05, 0.1) is 11.3 Å². The number of fused-ring (bicyclic) bond motifs is 2. The fourth-order valence-corrected chi connectivity index (χ4v) is 2.11. The molecule has 1 aromatic carbocycles. The number of hydrogen-bond donors (Lipinski definition) is 3. The van der Waals surface area contributed by atoms with Gasteiger partial charge in [-0.15, -0.1) is 0 Å². The Bertz CT molecular complexity index is 975. The molecule has 0 saturated carbocycles. The molecule has 1 aromatic rings. The minimum atomic E-state index is -1.42. The van der Waals surface area contributed by atoms with Gasteiger partial charge in [-0.3, -0.25) is 4.79 Å². The molecule has 8 heteroatoms. The van der Waals surface area contributed by atoms with Gasteiger partial charge in [0.25, 0.3) is 0 Å². The number of hydrogen-bond acceptors (Lipinski definition) is 6. The average molecular weight is 300 g/mol. The first-order valence-electron chi connectivity index (χ1n) is 6.02. The summed E-state index contributed by atoms with van der Waals surface area (Å²) < 4.78 is 5.43. The molecule has 3 rings (SSSR count). The lowest BCUT2D eigenvalue weighted by Gasteiger charge is -2.10. The van der Waals surface area contributed by atoms with Crippen molar-refractivity contribution in [3.05, 3.63) is 45.6 Å². The maximum atomic E-state index is 11.7. The highest BCUT2D eigenvalue weighted by Crippen LogP contribution is 2.29. The fourth-order valence-electron chi connectivity index (χ4n) is 2.11. The number of rotatable bonds is 2. The third-order valence-electron chi connectivity index (χ3n) is 3.14. The van der Waals surface area contributed by atoms with Gasteiger partial charge in [0.2, 0.25) is 5.43 Å². The lowest BCUT2D eigenvalue weighted by Crippen LogP contribution is -2.17. The molecule has 22 heavy (non-hydrogen) atoms. The summed E-state index contributed by atoms with van der Waals surface area (Å²) in [6.07, 6.45) is 0. The highest BCUT2D eigenvalue weighted by Gasteiger charge is 2.24. The van der Waals surface area contributed by atoms with E-state index in [9.17, 15) is 19.5 Å². The minimum absolute atomic E-state index is 0.0279. The summed E-state index contributed by atoms with van der Waals surface area (Å²) >= 11 is 0. The van der Waals surface area contributed by atoms with Crippen molar-refractivity contribution in [1.82, 2.24) is 4.98 Å². The molecule has 0 fully saturated rings. The third kappa shape index (κ3) is 1.94. The summed E-state index contributed by atoms with van der Waals surface area (Å²) in [5.41, 5.74) is 4.13. The van der Waals surface area contributed by atoms with E-state index in [-0.39, 0.29) is 28.1 Å². The predicted molar refractivity (Wildman–Crippen MR) is 75.2 cm³/mol. The van der Waals surface area contributed by atoms with Crippen LogP contribution in [0.3, 0.4) is 0 Å².